The molecule has 1 aliphatic rings. The van der Waals surface area contributed by atoms with Gasteiger partial charge in [0, 0.05) is 12.6 Å². The highest BCUT2D eigenvalue weighted by atomic mass is 32.2. The number of anilines is 3. The summed E-state index contributed by atoms with van der Waals surface area (Å²) in [6, 6.07) is 3.59. The van der Waals surface area contributed by atoms with E-state index in [4.69, 9.17) is 10.5 Å². The van der Waals surface area contributed by atoms with Crippen molar-refractivity contribution >= 4 is 34.7 Å². The predicted molar refractivity (Wildman–Crippen MR) is 85.7 cm³/mol. The lowest BCUT2D eigenvalue weighted by molar-refractivity contribution is -0.118. The molecule has 0 spiro atoms. The van der Waals surface area contributed by atoms with Crippen LogP contribution in [0.5, 0.6) is 5.75 Å². The first-order valence-electron chi connectivity index (χ1n) is 6.79. The van der Waals surface area contributed by atoms with E-state index in [1.54, 1.807) is 6.07 Å². The number of thioether (sulfide) groups is 1. The van der Waals surface area contributed by atoms with Crippen molar-refractivity contribution in [3.63, 3.8) is 0 Å². The van der Waals surface area contributed by atoms with Crippen molar-refractivity contribution in [2.75, 3.05) is 41.5 Å². The molecular formula is C14H21N3O2S. The van der Waals surface area contributed by atoms with E-state index >= 15 is 0 Å². The fourth-order valence-corrected chi connectivity index (χ4v) is 2.56. The second-order valence-corrected chi connectivity index (χ2v) is 5.74. The molecule has 1 aliphatic heterocycles. The van der Waals surface area contributed by atoms with E-state index in [-0.39, 0.29) is 12.5 Å². The van der Waals surface area contributed by atoms with Crippen LogP contribution < -0.4 is 21.1 Å². The Hall–Kier alpha value is -1.56. The van der Waals surface area contributed by atoms with Gasteiger partial charge in [-0.1, -0.05) is 6.42 Å². The minimum absolute atomic E-state index is 0.0503. The van der Waals surface area contributed by atoms with Gasteiger partial charge in [0.25, 0.3) is 5.91 Å². The van der Waals surface area contributed by atoms with Gasteiger partial charge in [-0.05, 0) is 30.9 Å². The quantitative estimate of drug-likeness (QED) is 0.532. The topological polar surface area (TPSA) is 76.4 Å². The zero-order chi connectivity index (χ0) is 14.4. The van der Waals surface area contributed by atoms with Gasteiger partial charge in [0.15, 0.2) is 6.61 Å². The Morgan fingerprint density at radius 2 is 2.25 bits per heavy atom. The van der Waals surface area contributed by atoms with Gasteiger partial charge < -0.3 is 21.1 Å². The standard InChI is InChI=1S/C14H21N3O2S/c1-20-6-4-2-3-5-16-11-8-12-13(7-10(11)15)19-9-14(18)17-12/h7-8,16H,2-6,9,15H2,1H3,(H,17,18). The highest BCUT2D eigenvalue weighted by Crippen LogP contribution is 2.35. The fraction of sp³-hybridized carbons (Fsp3) is 0.500. The molecule has 0 atom stereocenters. The first-order chi connectivity index (χ1) is 9.70. The lowest BCUT2D eigenvalue weighted by atomic mass is 10.2. The van der Waals surface area contributed by atoms with Crippen LogP contribution >= 0.6 is 11.8 Å². The van der Waals surface area contributed by atoms with Crippen LogP contribution in [0.3, 0.4) is 0 Å². The average molecular weight is 295 g/mol. The van der Waals surface area contributed by atoms with E-state index in [9.17, 15) is 4.79 Å². The Morgan fingerprint density at radius 3 is 3.05 bits per heavy atom. The van der Waals surface area contributed by atoms with Crippen molar-refractivity contribution in [3.8, 4) is 5.75 Å². The molecule has 5 nitrogen and oxygen atoms in total. The van der Waals surface area contributed by atoms with Gasteiger partial charge in [-0.25, -0.2) is 0 Å². The van der Waals surface area contributed by atoms with Gasteiger partial charge in [0.1, 0.15) is 5.75 Å². The fourth-order valence-electron chi connectivity index (χ4n) is 2.07. The van der Waals surface area contributed by atoms with Gasteiger partial charge in [-0.2, -0.15) is 11.8 Å². The maximum Gasteiger partial charge on any atom is 0.262 e. The Bertz CT molecular complexity index is 480. The lowest BCUT2D eigenvalue weighted by Crippen LogP contribution is -2.25. The third kappa shape index (κ3) is 3.96. The predicted octanol–water partition coefficient (Wildman–Crippen LogP) is 2.54. The molecule has 1 aromatic rings. The Balaban J connectivity index is 1.88. The van der Waals surface area contributed by atoms with E-state index < -0.39 is 0 Å². The molecule has 1 heterocycles. The summed E-state index contributed by atoms with van der Waals surface area (Å²) in [5.74, 6) is 1.71. The van der Waals surface area contributed by atoms with Crippen LogP contribution in [0.1, 0.15) is 19.3 Å². The number of hydrogen-bond donors (Lipinski definition) is 3. The van der Waals surface area contributed by atoms with Crippen LogP contribution in [0.25, 0.3) is 0 Å². The molecule has 1 aromatic carbocycles. The SMILES string of the molecule is CSCCCCCNc1cc2c(cc1N)OCC(=O)N2. The number of rotatable bonds is 7. The number of nitrogens with one attached hydrogen (secondary N) is 2. The average Bonchev–Trinajstić information content (AvgIpc) is 2.43. The molecule has 0 aliphatic carbocycles. The highest BCUT2D eigenvalue weighted by Gasteiger charge is 2.17. The van der Waals surface area contributed by atoms with Crippen LogP contribution in [0.15, 0.2) is 12.1 Å². The normalized spacial score (nSPS) is 13.3. The van der Waals surface area contributed by atoms with Gasteiger partial charge in [0.2, 0.25) is 0 Å². The van der Waals surface area contributed by atoms with Crippen molar-refractivity contribution in [1.29, 1.82) is 0 Å². The second kappa shape index (κ2) is 7.28. The van der Waals surface area contributed by atoms with Crippen molar-refractivity contribution in [2.45, 2.75) is 19.3 Å². The molecule has 4 N–H and O–H groups in total. The molecule has 1 amide bonds. The van der Waals surface area contributed by atoms with E-state index in [0.717, 1.165) is 18.7 Å². The number of amides is 1. The maximum atomic E-state index is 11.3. The minimum atomic E-state index is -0.134. The molecule has 6 heteroatoms. The number of ether oxygens (including phenoxy) is 1. The number of carbonyl (C=O) groups excluding carboxylic acids is 1. The van der Waals surface area contributed by atoms with Crippen LogP contribution in [0.2, 0.25) is 0 Å². The second-order valence-electron chi connectivity index (χ2n) is 4.75. The number of unbranched alkanes of at least 4 members (excludes halogenated alkanes) is 2. The number of fused-ring (bicyclic) bond motifs is 1. The first-order valence-corrected chi connectivity index (χ1v) is 8.19. The van der Waals surface area contributed by atoms with E-state index in [1.165, 1.54) is 18.6 Å². The molecule has 2 rings (SSSR count). The largest absolute Gasteiger partial charge is 0.482 e. The lowest BCUT2D eigenvalue weighted by Gasteiger charge is -2.20. The van der Waals surface area contributed by atoms with E-state index in [2.05, 4.69) is 16.9 Å². The van der Waals surface area contributed by atoms with Gasteiger partial charge >= 0.3 is 0 Å². The van der Waals surface area contributed by atoms with Crippen LogP contribution in [0, 0.1) is 0 Å². The maximum absolute atomic E-state index is 11.3. The van der Waals surface area contributed by atoms with Crippen molar-refractivity contribution < 1.29 is 9.53 Å². The molecule has 20 heavy (non-hydrogen) atoms. The Kier molecular flexibility index (Phi) is 5.40. The van der Waals surface area contributed by atoms with Crippen molar-refractivity contribution in [3.05, 3.63) is 12.1 Å². The van der Waals surface area contributed by atoms with Gasteiger partial charge in [-0.15, -0.1) is 0 Å². The minimum Gasteiger partial charge on any atom is -0.482 e. The number of nitrogen functional groups attached to an aromatic ring is 1. The summed E-state index contributed by atoms with van der Waals surface area (Å²) in [6.45, 7) is 0.931. The van der Waals surface area contributed by atoms with E-state index in [0.29, 0.717) is 17.1 Å². The molecule has 0 unspecified atom stereocenters. The summed E-state index contributed by atoms with van der Waals surface area (Å²) >= 11 is 1.88. The number of hydrogen-bond acceptors (Lipinski definition) is 5. The zero-order valence-corrected chi connectivity index (χ0v) is 12.5. The third-order valence-corrected chi connectivity index (χ3v) is 3.82. The highest BCUT2D eigenvalue weighted by molar-refractivity contribution is 7.98. The molecular weight excluding hydrogens is 274 g/mol. The molecule has 0 saturated heterocycles. The monoisotopic (exact) mass is 295 g/mol. The molecule has 0 fully saturated rings. The number of carbonyl (C=O) groups is 1. The van der Waals surface area contributed by atoms with Crippen LogP contribution in [-0.2, 0) is 4.79 Å². The number of benzene rings is 1. The number of nitrogens with two attached hydrogens (primary N) is 1. The summed E-state index contributed by atoms with van der Waals surface area (Å²) in [4.78, 5) is 11.3. The zero-order valence-electron chi connectivity index (χ0n) is 11.7. The Morgan fingerprint density at radius 1 is 1.40 bits per heavy atom. The summed E-state index contributed by atoms with van der Waals surface area (Å²) in [5, 5.41) is 6.10. The molecule has 0 aromatic heterocycles. The van der Waals surface area contributed by atoms with Crippen molar-refractivity contribution in [2.24, 2.45) is 0 Å². The smallest absolute Gasteiger partial charge is 0.262 e. The van der Waals surface area contributed by atoms with E-state index in [1.807, 2.05) is 17.8 Å². The van der Waals surface area contributed by atoms with Gasteiger partial charge in [-0.3, -0.25) is 4.79 Å². The first kappa shape index (κ1) is 14.8. The summed E-state index contributed by atoms with van der Waals surface area (Å²) < 4.78 is 5.32. The third-order valence-electron chi connectivity index (χ3n) is 3.13. The molecule has 0 radical (unpaired) electrons. The van der Waals surface area contributed by atoms with Gasteiger partial charge in [0.05, 0.1) is 17.1 Å². The molecule has 0 bridgehead atoms. The van der Waals surface area contributed by atoms with Crippen LogP contribution in [-0.4, -0.2) is 31.1 Å². The Labute approximate surface area is 123 Å². The summed E-state index contributed by atoms with van der Waals surface area (Å²) in [5.41, 5.74) is 8.15. The molecule has 0 saturated carbocycles. The summed E-state index contributed by atoms with van der Waals surface area (Å²) in [6.07, 6.45) is 5.69. The summed E-state index contributed by atoms with van der Waals surface area (Å²) in [7, 11) is 0. The van der Waals surface area contributed by atoms with Crippen molar-refractivity contribution in [1.82, 2.24) is 0 Å². The molecule has 110 valence electrons. The van der Waals surface area contributed by atoms with Crippen LogP contribution in [0.4, 0.5) is 17.1 Å².